The normalized spacial score (nSPS) is 11.9. The van der Waals surface area contributed by atoms with Crippen molar-refractivity contribution in [1.29, 1.82) is 0 Å². The van der Waals surface area contributed by atoms with E-state index in [1.165, 1.54) is 23.4 Å². The van der Waals surface area contributed by atoms with Crippen molar-refractivity contribution in [3.8, 4) is 5.69 Å². The molecule has 0 aliphatic heterocycles. The summed E-state index contributed by atoms with van der Waals surface area (Å²) in [6.07, 6.45) is 0.609. The number of nitrogens with one attached hydrogen (secondary N) is 1. The zero-order valence-corrected chi connectivity index (χ0v) is 19.6. The molecule has 1 N–H and O–H groups in total. The van der Waals surface area contributed by atoms with E-state index in [1.807, 2.05) is 22.8 Å². The molecule has 4 aromatic rings. The zero-order valence-electron chi connectivity index (χ0n) is 18.7. The third kappa shape index (κ3) is 5.31. The first-order valence-corrected chi connectivity index (χ1v) is 11.6. The number of thioether (sulfide) groups is 1. The topological polar surface area (TPSA) is 59.8 Å². The van der Waals surface area contributed by atoms with Gasteiger partial charge in [-0.3, -0.25) is 9.36 Å². The predicted octanol–water partition coefficient (Wildman–Crippen LogP) is 5.73. The summed E-state index contributed by atoms with van der Waals surface area (Å²) in [5, 5.41) is 11.6. The highest BCUT2D eigenvalue weighted by Crippen LogP contribution is 2.29. The number of aromatic nitrogens is 3. The van der Waals surface area contributed by atoms with Crippen molar-refractivity contribution < 1.29 is 9.18 Å². The molecule has 0 saturated heterocycles. The van der Waals surface area contributed by atoms with E-state index in [9.17, 15) is 9.18 Å². The number of rotatable bonds is 7. The number of carbonyl (C=O) groups is 1. The second-order valence-corrected chi connectivity index (χ2v) is 9.22. The van der Waals surface area contributed by atoms with Gasteiger partial charge in [-0.25, -0.2) is 4.39 Å². The Bertz CT molecular complexity index is 1270. The van der Waals surface area contributed by atoms with E-state index in [1.54, 1.807) is 25.1 Å². The van der Waals surface area contributed by atoms with E-state index >= 15 is 0 Å². The van der Waals surface area contributed by atoms with Gasteiger partial charge in [-0.2, -0.15) is 0 Å². The molecular formula is C26H25FN4OS. The number of nitrogens with zero attached hydrogens (tertiary/aromatic N) is 3. The molecule has 3 aromatic carbocycles. The van der Waals surface area contributed by atoms with E-state index < -0.39 is 11.1 Å². The zero-order chi connectivity index (χ0) is 23.4. The van der Waals surface area contributed by atoms with Crippen molar-refractivity contribution >= 4 is 23.4 Å². The average Bonchev–Trinajstić information content (AvgIpc) is 3.17. The standard InChI is InChI=1S/C26H25FN4OS/c1-17-13-14-23(18(2)15-17)31-24(16-20-9-5-4-6-10-20)29-30-26(31)33-19(3)25(32)28-22-12-8-7-11-21(22)27/h4-15,19H,16H2,1-3H3,(H,28,32). The monoisotopic (exact) mass is 460 g/mol. The van der Waals surface area contributed by atoms with Gasteiger partial charge < -0.3 is 5.32 Å². The summed E-state index contributed by atoms with van der Waals surface area (Å²) >= 11 is 1.30. The van der Waals surface area contributed by atoms with E-state index in [2.05, 4.69) is 59.7 Å². The van der Waals surface area contributed by atoms with Crippen molar-refractivity contribution in [2.45, 2.75) is 37.6 Å². The van der Waals surface area contributed by atoms with Crippen LogP contribution in [0, 0.1) is 19.7 Å². The highest BCUT2D eigenvalue weighted by Gasteiger charge is 2.22. The fourth-order valence-corrected chi connectivity index (χ4v) is 4.46. The smallest absolute Gasteiger partial charge is 0.237 e. The van der Waals surface area contributed by atoms with Gasteiger partial charge >= 0.3 is 0 Å². The highest BCUT2D eigenvalue weighted by atomic mass is 32.2. The summed E-state index contributed by atoms with van der Waals surface area (Å²) in [5.41, 5.74) is 4.52. The second kappa shape index (κ2) is 10.0. The maximum atomic E-state index is 14.0. The largest absolute Gasteiger partial charge is 0.323 e. The van der Waals surface area contributed by atoms with E-state index in [-0.39, 0.29) is 11.6 Å². The van der Waals surface area contributed by atoms with Crippen LogP contribution in [0.2, 0.25) is 0 Å². The van der Waals surface area contributed by atoms with Gasteiger partial charge in [-0.05, 0) is 50.1 Å². The molecule has 5 nitrogen and oxygen atoms in total. The molecule has 33 heavy (non-hydrogen) atoms. The van der Waals surface area contributed by atoms with Gasteiger partial charge in [0.15, 0.2) is 5.16 Å². The lowest BCUT2D eigenvalue weighted by molar-refractivity contribution is -0.115. The van der Waals surface area contributed by atoms with E-state index in [4.69, 9.17) is 0 Å². The lowest BCUT2D eigenvalue weighted by Crippen LogP contribution is -2.23. The molecule has 7 heteroatoms. The van der Waals surface area contributed by atoms with Crippen LogP contribution in [0.3, 0.4) is 0 Å². The molecule has 168 valence electrons. The first kappa shape index (κ1) is 22.7. The maximum Gasteiger partial charge on any atom is 0.237 e. The average molecular weight is 461 g/mol. The van der Waals surface area contributed by atoms with Crippen LogP contribution < -0.4 is 5.32 Å². The first-order valence-electron chi connectivity index (χ1n) is 10.7. The van der Waals surface area contributed by atoms with Crippen LogP contribution in [-0.4, -0.2) is 25.9 Å². The molecule has 0 saturated carbocycles. The second-order valence-electron chi connectivity index (χ2n) is 7.92. The van der Waals surface area contributed by atoms with Crippen molar-refractivity contribution in [3.05, 3.63) is 101 Å². The number of amides is 1. The number of benzene rings is 3. The summed E-state index contributed by atoms with van der Waals surface area (Å²) in [6, 6.07) is 22.4. The van der Waals surface area contributed by atoms with E-state index in [0.29, 0.717) is 11.6 Å². The molecule has 1 aromatic heterocycles. The van der Waals surface area contributed by atoms with Gasteiger partial charge in [-0.1, -0.05) is 71.9 Å². The molecule has 0 spiro atoms. The summed E-state index contributed by atoms with van der Waals surface area (Å²) in [4.78, 5) is 12.8. The van der Waals surface area contributed by atoms with Crippen LogP contribution in [-0.2, 0) is 11.2 Å². The number of aryl methyl sites for hydroxylation is 2. The Labute approximate surface area is 197 Å². The Morgan fingerprint density at radius 3 is 2.48 bits per heavy atom. The third-order valence-corrected chi connectivity index (χ3v) is 6.32. The highest BCUT2D eigenvalue weighted by molar-refractivity contribution is 8.00. The maximum absolute atomic E-state index is 14.0. The van der Waals surface area contributed by atoms with Crippen LogP contribution in [0.15, 0.2) is 78.0 Å². The number of hydrogen-bond donors (Lipinski definition) is 1. The fourth-order valence-electron chi connectivity index (χ4n) is 3.58. The molecule has 1 unspecified atom stereocenters. The van der Waals surface area contributed by atoms with Crippen LogP contribution in [0.1, 0.15) is 29.4 Å². The Hall–Kier alpha value is -3.45. The predicted molar refractivity (Wildman–Crippen MR) is 130 cm³/mol. The molecule has 0 aliphatic carbocycles. The minimum atomic E-state index is -0.511. The van der Waals surface area contributed by atoms with Gasteiger partial charge in [0.2, 0.25) is 5.91 Å². The van der Waals surface area contributed by atoms with Gasteiger partial charge in [0.05, 0.1) is 16.6 Å². The number of anilines is 1. The summed E-state index contributed by atoms with van der Waals surface area (Å²) < 4.78 is 16.0. The van der Waals surface area contributed by atoms with Gasteiger partial charge in [0.1, 0.15) is 11.6 Å². The summed E-state index contributed by atoms with van der Waals surface area (Å²) in [7, 11) is 0. The SMILES string of the molecule is Cc1ccc(-n2c(Cc3ccccc3)nnc2SC(C)C(=O)Nc2ccccc2F)c(C)c1. The molecule has 4 rings (SSSR count). The fraction of sp³-hybridized carbons (Fsp3) is 0.192. The summed E-state index contributed by atoms with van der Waals surface area (Å²) in [6.45, 7) is 5.88. The number of halogens is 1. The van der Waals surface area contributed by atoms with Crippen molar-refractivity contribution in [2.24, 2.45) is 0 Å². The van der Waals surface area contributed by atoms with Crippen molar-refractivity contribution in [3.63, 3.8) is 0 Å². The number of carbonyl (C=O) groups excluding carboxylic acids is 1. The molecular weight excluding hydrogens is 435 g/mol. The van der Waals surface area contributed by atoms with Crippen LogP contribution >= 0.6 is 11.8 Å². The van der Waals surface area contributed by atoms with Crippen LogP contribution in [0.5, 0.6) is 0 Å². The van der Waals surface area contributed by atoms with Gasteiger partial charge in [0, 0.05) is 6.42 Å². The Morgan fingerprint density at radius 2 is 1.76 bits per heavy atom. The first-order chi connectivity index (χ1) is 15.9. The van der Waals surface area contributed by atoms with E-state index in [0.717, 1.165) is 22.6 Å². The third-order valence-electron chi connectivity index (χ3n) is 5.28. The molecule has 1 atom stereocenters. The number of hydrogen-bond acceptors (Lipinski definition) is 4. The minimum absolute atomic E-state index is 0.163. The van der Waals surface area contributed by atoms with Crippen LogP contribution in [0.25, 0.3) is 5.69 Å². The van der Waals surface area contributed by atoms with Gasteiger partial charge in [0.25, 0.3) is 0 Å². The van der Waals surface area contributed by atoms with Crippen LogP contribution in [0.4, 0.5) is 10.1 Å². The molecule has 1 amide bonds. The lowest BCUT2D eigenvalue weighted by Gasteiger charge is -2.16. The molecule has 0 fully saturated rings. The Kier molecular flexibility index (Phi) is 6.89. The van der Waals surface area contributed by atoms with Crippen molar-refractivity contribution in [1.82, 2.24) is 14.8 Å². The Morgan fingerprint density at radius 1 is 1.03 bits per heavy atom. The molecule has 0 radical (unpaired) electrons. The Balaban J connectivity index is 1.64. The van der Waals surface area contributed by atoms with Crippen molar-refractivity contribution in [2.75, 3.05) is 5.32 Å². The lowest BCUT2D eigenvalue weighted by atomic mass is 10.1. The van der Waals surface area contributed by atoms with Gasteiger partial charge in [-0.15, -0.1) is 10.2 Å². The molecule has 1 heterocycles. The minimum Gasteiger partial charge on any atom is -0.323 e. The molecule has 0 aliphatic rings. The summed E-state index contributed by atoms with van der Waals surface area (Å²) in [5.74, 6) is 0.0221. The number of para-hydroxylation sites is 1. The molecule has 0 bridgehead atoms. The quantitative estimate of drug-likeness (QED) is 0.358.